The van der Waals surface area contributed by atoms with E-state index in [0.717, 1.165) is 0 Å². The van der Waals surface area contributed by atoms with Crippen molar-refractivity contribution < 1.29 is 0 Å². The first kappa shape index (κ1) is 14.5. The lowest BCUT2D eigenvalue weighted by atomic mass is 10.1. The molecule has 1 N–H and O–H groups in total. The van der Waals surface area contributed by atoms with Gasteiger partial charge in [-0.15, -0.1) is 12.4 Å². The fourth-order valence-electron chi connectivity index (χ4n) is 1.72. The molecule has 0 spiro atoms. The Morgan fingerprint density at radius 3 is 2.07 bits per heavy atom. The summed E-state index contributed by atoms with van der Waals surface area (Å²) in [6, 6.07) is 11.7. The summed E-state index contributed by atoms with van der Waals surface area (Å²) in [5, 5.41) is 3.63. The zero-order valence-corrected chi connectivity index (χ0v) is 10.7. The molecule has 15 heavy (non-hydrogen) atoms. The van der Waals surface area contributed by atoms with E-state index in [-0.39, 0.29) is 12.4 Å². The first-order chi connectivity index (χ1) is 6.77. The third kappa shape index (κ3) is 4.67. The molecule has 2 heteroatoms. The van der Waals surface area contributed by atoms with E-state index in [2.05, 4.69) is 56.4 Å². The van der Waals surface area contributed by atoms with E-state index < -0.39 is 0 Å². The minimum Gasteiger partial charge on any atom is -0.307 e. The van der Waals surface area contributed by atoms with E-state index in [1.54, 1.807) is 0 Å². The van der Waals surface area contributed by atoms with Crippen molar-refractivity contribution in [1.82, 2.24) is 5.32 Å². The van der Waals surface area contributed by atoms with Crippen LogP contribution in [0.3, 0.4) is 0 Å². The molecule has 0 aliphatic carbocycles. The van der Waals surface area contributed by atoms with Crippen LogP contribution >= 0.6 is 12.4 Å². The number of nitrogens with one attached hydrogen (secondary N) is 1. The van der Waals surface area contributed by atoms with Crippen molar-refractivity contribution in [3.8, 4) is 0 Å². The molecule has 0 saturated carbocycles. The van der Waals surface area contributed by atoms with E-state index in [1.165, 1.54) is 18.4 Å². The molecule has 0 fully saturated rings. The van der Waals surface area contributed by atoms with Gasteiger partial charge in [-0.3, -0.25) is 0 Å². The van der Waals surface area contributed by atoms with Gasteiger partial charge in [0.2, 0.25) is 0 Å². The Bertz CT molecular complexity index is 244. The van der Waals surface area contributed by atoms with Crippen LogP contribution in [-0.4, -0.2) is 6.04 Å². The fourth-order valence-corrected chi connectivity index (χ4v) is 1.72. The van der Waals surface area contributed by atoms with Gasteiger partial charge in [0, 0.05) is 12.1 Å². The summed E-state index contributed by atoms with van der Waals surface area (Å²) in [6.45, 7) is 6.70. The van der Waals surface area contributed by atoms with Gasteiger partial charge in [0.15, 0.2) is 0 Å². The number of halogens is 1. The molecule has 1 nitrogen and oxygen atoms in total. The highest BCUT2D eigenvalue weighted by Gasteiger charge is 2.08. The topological polar surface area (TPSA) is 12.0 Å². The molecule has 0 aliphatic rings. The molecule has 0 amide bonds. The predicted octanol–water partition coefficient (Wildman–Crippen LogP) is 3.95. The molecule has 0 aliphatic heterocycles. The Kier molecular flexibility index (Phi) is 7.45. The highest BCUT2D eigenvalue weighted by molar-refractivity contribution is 5.85. The van der Waals surface area contributed by atoms with Crippen molar-refractivity contribution in [1.29, 1.82) is 0 Å². The molecule has 1 atom stereocenters. The summed E-state index contributed by atoms with van der Waals surface area (Å²) in [4.78, 5) is 0. The smallest absolute Gasteiger partial charge is 0.0294 e. The third-order valence-electron chi connectivity index (χ3n) is 2.77. The maximum Gasteiger partial charge on any atom is 0.0294 e. The fraction of sp³-hybridized carbons (Fsp3) is 0.538. The summed E-state index contributed by atoms with van der Waals surface area (Å²) in [5.74, 6) is 0. The highest BCUT2D eigenvalue weighted by Crippen LogP contribution is 2.13. The zero-order valence-electron chi connectivity index (χ0n) is 9.86. The predicted molar refractivity (Wildman–Crippen MR) is 69.6 cm³/mol. The Morgan fingerprint density at radius 2 is 1.60 bits per heavy atom. The molecule has 0 aromatic heterocycles. The molecule has 1 aromatic rings. The Hall–Kier alpha value is -0.530. The standard InChI is InChI=1S/C13H21N.ClH/c1-4-13(5-2)14-11(3)12-9-7-6-8-10-12;/h6-11,13-14H,4-5H2,1-3H3;1H/t11-;/m0./s1. The normalized spacial score (nSPS) is 12.3. The highest BCUT2D eigenvalue weighted by atomic mass is 35.5. The summed E-state index contributed by atoms with van der Waals surface area (Å²) < 4.78 is 0. The molecule has 0 heterocycles. The first-order valence-corrected chi connectivity index (χ1v) is 5.58. The molecule has 1 aromatic carbocycles. The lowest BCUT2D eigenvalue weighted by Crippen LogP contribution is -2.30. The third-order valence-corrected chi connectivity index (χ3v) is 2.77. The largest absolute Gasteiger partial charge is 0.307 e. The molecule has 0 bridgehead atoms. The summed E-state index contributed by atoms with van der Waals surface area (Å²) >= 11 is 0. The summed E-state index contributed by atoms with van der Waals surface area (Å²) in [6.07, 6.45) is 2.40. The van der Waals surface area contributed by atoms with Crippen molar-refractivity contribution in [3.05, 3.63) is 35.9 Å². The first-order valence-electron chi connectivity index (χ1n) is 5.58. The van der Waals surface area contributed by atoms with Crippen LogP contribution in [0.2, 0.25) is 0 Å². The number of hydrogen-bond acceptors (Lipinski definition) is 1. The molecule has 86 valence electrons. The van der Waals surface area contributed by atoms with E-state index >= 15 is 0 Å². The van der Waals surface area contributed by atoms with Crippen LogP contribution in [-0.2, 0) is 0 Å². The van der Waals surface area contributed by atoms with Gasteiger partial charge in [-0.25, -0.2) is 0 Å². The van der Waals surface area contributed by atoms with Crippen molar-refractivity contribution >= 4 is 12.4 Å². The number of benzene rings is 1. The maximum atomic E-state index is 3.63. The van der Waals surface area contributed by atoms with Crippen LogP contribution in [0, 0.1) is 0 Å². The van der Waals surface area contributed by atoms with E-state index in [9.17, 15) is 0 Å². The van der Waals surface area contributed by atoms with Crippen molar-refractivity contribution in [2.24, 2.45) is 0 Å². The Labute approximate surface area is 99.7 Å². The molecule has 1 rings (SSSR count). The van der Waals surface area contributed by atoms with Crippen LogP contribution in [0.15, 0.2) is 30.3 Å². The van der Waals surface area contributed by atoms with Gasteiger partial charge in [-0.1, -0.05) is 44.2 Å². The van der Waals surface area contributed by atoms with Gasteiger partial charge < -0.3 is 5.32 Å². The second kappa shape index (κ2) is 7.72. The van der Waals surface area contributed by atoms with Crippen LogP contribution in [0.5, 0.6) is 0 Å². The van der Waals surface area contributed by atoms with Gasteiger partial charge in [0.1, 0.15) is 0 Å². The van der Waals surface area contributed by atoms with Crippen molar-refractivity contribution in [2.45, 2.75) is 45.7 Å². The molecule has 0 radical (unpaired) electrons. The second-order valence-corrected chi connectivity index (χ2v) is 3.81. The monoisotopic (exact) mass is 227 g/mol. The van der Waals surface area contributed by atoms with Gasteiger partial charge in [-0.2, -0.15) is 0 Å². The summed E-state index contributed by atoms with van der Waals surface area (Å²) in [5.41, 5.74) is 1.37. The van der Waals surface area contributed by atoms with E-state index in [1.807, 2.05) is 0 Å². The maximum absolute atomic E-state index is 3.63. The Balaban J connectivity index is 0.00000196. The van der Waals surface area contributed by atoms with E-state index in [0.29, 0.717) is 12.1 Å². The van der Waals surface area contributed by atoms with Crippen molar-refractivity contribution in [2.75, 3.05) is 0 Å². The Morgan fingerprint density at radius 1 is 1.07 bits per heavy atom. The molecular formula is C13H22ClN. The molecule has 0 saturated heterocycles. The van der Waals surface area contributed by atoms with Crippen LogP contribution in [0.1, 0.15) is 45.2 Å². The number of rotatable bonds is 5. The number of hydrogen-bond donors (Lipinski definition) is 1. The average molecular weight is 228 g/mol. The van der Waals surface area contributed by atoms with Gasteiger partial charge in [0.25, 0.3) is 0 Å². The minimum atomic E-state index is 0. The van der Waals surface area contributed by atoms with E-state index in [4.69, 9.17) is 0 Å². The van der Waals surface area contributed by atoms with Crippen LogP contribution in [0.25, 0.3) is 0 Å². The summed E-state index contributed by atoms with van der Waals surface area (Å²) in [7, 11) is 0. The zero-order chi connectivity index (χ0) is 10.4. The minimum absolute atomic E-state index is 0. The van der Waals surface area contributed by atoms with Gasteiger partial charge in [-0.05, 0) is 25.3 Å². The quantitative estimate of drug-likeness (QED) is 0.804. The van der Waals surface area contributed by atoms with Crippen LogP contribution in [0.4, 0.5) is 0 Å². The van der Waals surface area contributed by atoms with Gasteiger partial charge >= 0.3 is 0 Å². The van der Waals surface area contributed by atoms with Crippen molar-refractivity contribution in [3.63, 3.8) is 0 Å². The molecular weight excluding hydrogens is 206 g/mol. The average Bonchev–Trinajstić information content (AvgIpc) is 2.26. The SMILES string of the molecule is CCC(CC)N[C@@H](C)c1ccccc1.Cl. The molecule has 0 unspecified atom stereocenters. The lowest BCUT2D eigenvalue weighted by molar-refractivity contribution is 0.432. The van der Waals surface area contributed by atoms with Crippen LogP contribution < -0.4 is 5.32 Å². The lowest BCUT2D eigenvalue weighted by Gasteiger charge is -2.21. The second-order valence-electron chi connectivity index (χ2n) is 3.81. The van der Waals surface area contributed by atoms with Gasteiger partial charge in [0.05, 0.1) is 0 Å².